The van der Waals surface area contributed by atoms with E-state index in [2.05, 4.69) is 9.97 Å². The molecule has 0 aliphatic heterocycles. The van der Waals surface area contributed by atoms with Gasteiger partial charge >= 0.3 is 18.0 Å². The maximum absolute atomic E-state index is 14.5. The first-order valence-electron chi connectivity index (χ1n) is 9.63. The van der Waals surface area contributed by atoms with Crippen molar-refractivity contribution < 1.29 is 39.2 Å². The highest BCUT2D eigenvalue weighted by Gasteiger charge is 2.75. The van der Waals surface area contributed by atoms with Crippen molar-refractivity contribution in [2.75, 3.05) is 5.75 Å². The van der Waals surface area contributed by atoms with Gasteiger partial charge in [0.05, 0.1) is 16.6 Å². The molecule has 0 unspecified atom stereocenters. The van der Waals surface area contributed by atoms with E-state index in [1.165, 1.54) is 19.2 Å². The molecule has 32 heavy (non-hydrogen) atoms. The first-order chi connectivity index (χ1) is 14.6. The highest BCUT2D eigenvalue weighted by Crippen LogP contribution is 2.54. The second-order valence-corrected chi connectivity index (χ2v) is 10.0. The molecular weight excluding hydrogens is 467 g/mol. The molecule has 1 saturated carbocycles. The van der Waals surface area contributed by atoms with Crippen molar-refractivity contribution in [1.29, 1.82) is 0 Å². The second kappa shape index (κ2) is 7.70. The number of sulfone groups is 1. The van der Waals surface area contributed by atoms with Crippen molar-refractivity contribution in [2.45, 2.75) is 61.4 Å². The van der Waals surface area contributed by atoms with Gasteiger partial charge in [-0.3, -0.25) is 4.98 Å². The highest BCUT2D eigenvalue weighted by molar-refractivity contribution is 7.91. The summed E-state index contributed by atoms with van der Waals surface area (Å²) >= 11 is 0. The van der Waals surface area contributed by atoms with Gasteiger partial charge in [0.2, 0.25) is 0 Å². The summed E-state index contributed by atoms with van der Waals surface area (Å²) < 4.78 is 120. The summed E-state index contributed by atoms with van der Waals surface area (Å²) in [5.41, 5.74) is -5.81. The summed E-state index contributed by atoms with van der Waals surface area (Å²) in [7, 11) is -2.77. The molecule has 0 bridgehead atoms. The van der Waals surface area contributed by atoms with Crippen LogP contribution < -0.4 is 0 Å². The Labute approximate surface area is 179 Å². The molecule has 3 rings (SSSR count). The number of pyridine rings is 1. The average molecular weight is 487 g/mol. The van der Waals surface area contributed by atoms with Crippen molar-refractivity contribution in [3.8, 4) is 11.5 Å². The van der Waals surface area contributed by atoms with E-state index >= 15 is 0 Å². The molecule has 13 heteroatoms. The zero-order chi connectivity index (χ0) is 24.3. The molecule has 1 fully saturated rings. The third-order valence-electron chi connectivity index (χ3n) is 5.74. The normalized spacial score (nSPS) is 16.9. The summed E-state index contributed by atoms with van der Waals surface area (Å²) in [6.45, 7) is 1.84. The zero-order valence-corrected chi connectivity index (χ0v) is 18.0. The van der Waals surface area contributed by atoms with Crippen LogP contribution in [0.15, 0.2) is 23.4 Å². The lowest BCUT2D eigenvalue weighted by molar-refractivity contribution is -0.348. The van der Waals surface area contributed by atoms with Gasteiger partial charge in [0, 0.05) is 25.1 Å². The first kappa shape index (κ1) is 24.5. The molecule has 0 saturated heterocycles. The minimum absolute atomic E-state index is 0.144. The van der Waals surface area contributed by atoms with Crippen LogP contribution in [0.5, 0.6) is 0 Å². The van der Waals surface area contributed by atoms with E-state index in [-0.39, 0.29) is 28.1 Å². The Kier molecular flexibility index (Phi) is 5.89. The van der Waals surface area contributed by atoms with Gasteiger partial charge in [-0.2, -0.15) is 26.3 Å². The Balaban J connectivity index is 2.16. The topological polar surface area (TPSA) is 64.8 Å². The van der Waals surface area contributed by atoms with Gasteiger partial charge in [-0.25, -0.2) is 17.8 Å². The lowest BCUT2D eigenvalue weighted by Crippen LogP contribution is -2.56. The van der Waals surface area contributed by atoms with E-state index in [1.807, 2.05) is 0 Å². The van der Waals surface area contributed by atoms with E-state index < -0.39 is 39.5 Å². The number of aromatic nitrogens is 3. The summed E-state index contributed by atoms with van der Waals surface area (Å²) in [5, 5.41) is 0. The van der Waals surface area contributed by atoms with Crippen LogP contribution in [0.1, 0.15) is 49.8 Å². The maximum Gasteiger partial charge on any atom is 0.432 e. The van der Waals surface area contributed by atoms with Crippen LogP contribution in [0.3, 0.4) is 0 Å². The predicted molar refractivity (Wildman–Crippen MR) is 101 cm³/mol. The largest absolute Gasteiger partial charge is 0.432 e. The van der Waals surface area contributed by atoms with Gasteiger partial charge in [-0.05, 0) is 30.4 Å². The predicted octanol–water partition coefficient (Wildman–Crippen LogP) is 5.09. The van der Waals surface area contributed by atoms with Crippen LogP contribution in [0.2, 0.25) is 0 Å². The van der Waals surface area contributed by atoms with Crippen LogP contribution in [-0.4, -0.2) is 46.7 Å². The smallest absolute Gasteiger partial charge is 0.329 e. The van der Waals surface area contributed by atoms with Crippen LogP contribution in [0.4, 0.5) is 30.7 Å². The van der Waals surface area contributed by atoms with Gasteiger partial charge in [-0.1, -0.05) is 13.8 Å². The molecule has 0 aromatic carbocycles. The van der Waals surface area contributed by atoms with Gasteiger partial charge in [0.25, 0.3) is 0 Å². The Morgan fingerprint density at radius 3 is 2.09 bits per heavy atom. The number of alkyl halides is 7. The van der Waals surface area contributed by atoms with E-state index in [4.69, 9.17) is 0 Å². The number of hydrogen-bond acceptors (Lipinski definition) is 4. The minimum atomic E-state index is -6.24. The Morgan fingerprint density at radius 2 is 1.62 bits per heavy atom. The fourth-order valence-electron chi connectivity index (χ4n) is 3.56. The van der Waals surface area contributed by atoms with Crippen molar-refractivity contribution in [1.82, 2.24) is 14.5 Å². The fraction of sp³-hybridized carbons (Fsp3) is 0.579. The number of hydrogen-bond donors (Lipinski definition) is 0. The quantitative estimate of drug-likeness (QED) is 0.533. The molecule has 0 N–H and O–H groups in total. The number of rotatable bonds is 6. The minimum Gasteiger partial charge on any atom is -0.329 e. The molecule has 2 aromatic rings. The number of halogens is 7. The third kappa shape index (κ3) is 3.88. The number of nitrogens with zero attached hydrogens (tertiary/aromatic N) is 3. The van der Waals surface area contributed by atoms with Gasteiger partial charge in [-0.15, -0.1) is 0 Å². The van der Waals surface area contributed by atoms with Crippen molar-refractivity contribution in [3.05, 3.63) is 29.7 Å². The molecule has 1 aliphatic carbocycles. The standard InChI is InChI=1S/C19H20F7N3O2S/c1-4-32(30,31)14-7-12(11-5-6-11)8-27-15(14)16-28-9-13(29(16)3)10(2)17(20,18(21,22)23)19(24,25)26/h7-11H,4-6H2,1-3H3/t10-/m0/s1. The SMILES string of the molecule is CCS(=O)(=O)c1cc(C2CC2)cnc1-c1ncc([C@H](C)C(F)(C(F)(F)F)C(F)(F)F)n1C. The molecule has 0 amide bonds. The second-order valence-electron chi connectivity index (χ2n) is 7.79. The third-order valence-corrected chi connectivity index (χ3v) is 7.48. The van der Waals surface area contributed by atoms with Gasteiger partial charge in [0.1, 0.15) is 5.69 Å². The lowest BCUT2D eigenvalue weighted by atomic mass is 9.86. The van der Waals surface area contributed by atoms with E-state index in [0.29, 0.717) is 18.7 Å². The molecule has 0 radical (unpaired) electrons. The van der Waals surface area contributed by atoms with Crippen LogP contribution in [-0.2, 0) is 16.9 Å². The van der Waals surface area contributed by atoms with Crippen LogP contribution >= 0.6 is 0 Å². The van der Waals surface area contributed by atoms with Crippen molar-refractivity contribution in [3.63, 3.8) is 0 Å². The van der Waals surface area contributed by atoms with Crippen molar-refractivity contribution in [2.24, 2.45) is 7.05 Å². The molecular formula is C19H20F7N3O2S. The van der Waals surface area contributed by atoms with E-state index in [9.17, 15) is 39.2 Å². The molecule has 2 aromatic heterocycles. The molecule has 0 spiro atoms. The molecule has 2 heterocycles. The molecule has 178 valence electrons. The lowest BCUT2D eigenvalue weighted by Gasteiger charge is -2.34. The summed E-state index contributed by atoms with van der Waals surface area (Å²) in [4.78, 5) is 7.71. The summed E-state index contributed by atoms with van der Waals surface area (Å²) in [5.74, 6) is -3.16. The number of imidazole rings is 1. The molecule has 1 aliphatic rings. The van der Waals surface area contributed by atoms with Crippen LogP contribution in [0, 0.1) is 0 Å². The van der Waals surface area contributed by atoms with Crippen LogP contribution in [0.25, 0.3) is 11.5 Å². The highest BCUT2D eigenvalue weighted by atomic mass is 32.2. The average Bonchev–Trinajstić information content (AvgIpc) is 3.47. The summed E-state index contributed by atoms with van der Waals surface area (Å²) in [6.07, 6.45) is -8.70. The zero-order valence-electron chi connectivity index (χ0n) is 17.2. The molecule has 5 nitrogen and oxygen atoms in total. The Bertz CT molecular complexity index is 1100. The van der Waals surface area contributed by atoms with Crippen molar-refractivity contribution >= 4 is 9.84 Å². The van der Waals surface area contributed by atoms with E-state index in [0.717, 1.165) is 24.5 Å². The molecule has 1 atom stereocenters. The monoisotopic (exact) mass is 487 g/mol. The Hall–Kier alpha value is -2.18. The Morgan fingerprint density at radius 1 is 1.06 bits per heavy atom. The maximum atomic E-state index is 14.5. The van der Waals surface area contributed by atoms with E-state index in [1.54, 1.807) is 0 Å². The van der Waals surface area contributed by atoms with Gasteiger partial charge < -0.3 is 4.57 Å². The first-order valence-corrected chi connectivity index (χ1v) is 11.3. The summed E-state index contributed by atoms with van der Waals surface area (Å²) in [6, 6.07) is 1.40. The van der Waals surface area contributed by atoms with Gasteiger partial charge in [0.15, 0.2) is 15.7 Å². The fourth-order valence-corrected chi connectivity index (χ4v) is 4.63.